The van der Waals surface area contributed by atoms with Gasteiger partial charge in [0.1, 0.15) is 5.82 Å². The summed E-state index contributed by atoms with van der Waals surface area (Å²) in [4.78, 5) is 18.3. The van der Waals surface area contributed by atoms with E-state index in [1.807, 2.05) is 25.1 Å². The number of aromatic nitrogens is 5. The van der Waals surface area contributed by atoms with E-state index in [9.17, 15) is 9.18 Å². The van der Waals surface area contributed by atoms with Gasteiger partial charge in [0.25, 0.3) is 5.56 Å². The largest absolute Gasteiger partial charge is 0.377 e. The average molecular weight is 491 g/mol. The number of ether oxygens (including phenoxy) is 1. The van der Waals surface area contributed by atoms with E-state index in [1.165, 1.54) is 12.1 Å². The molecule has 1 fully saturated rings. The molecule has 2 atom stereocenters. The molecule has 5 rings (SSSR count). The minimum atomic E-state index is -0.277. The highest BCUT2D eigenvalue weighted by molar-refractivity contribution is 5.79. The second-order valence-electron chi connectivity index (χ2n) is 9.52. The van der Waals surface area contributed by atoms with Crippen molar-refractivity contribution in [3.63, 3.8) is 0 Å². The molecular formula is C27H31FN6O2. The van der Waals surface area contributed by atoms with Gasteiger partial charge < -0.3 is 9.72 Å². The predicted molar refractivity (Wildman–Crippen MR) is 135 cm³/mol. The van der Waals surface area contributed by atoms with E-state index >= 15 is 0 Å². The van der Waals surface area contributed by atoms with Gasteiger partial charge in [-0.15, -0.1) is 5.10 Å². The topological polar surface area (TPSA) is 88.9 Å². The summed E-state index contributed by atoms with van der Waals surface area (Å²) in [5.74, 6) is 0.438. The lowest BCUT2D eigenvalue weighted by Gasteiger charge is -2.32. The molecule has 2 aromatic heterocycles. The fourth-order valence-corrected chi connectivity index (χ4v) is 4.99. The smallest absolute Gasteiger partial charge is 0.252 e. The van der Waals surface area contributed by atoms with Gasteiger partial charge in [-0.3, -0.25) is 9.69 Å². The quantitative estimate of drug-likeness (QED) is 0.379. The van der Waals surface area contributed by atoms with Crippen LogP contribution in [0, 0.1) is 12.7 Å². The van der Waals surface area contributed by atoms with Crippen LogP contribution in [0.4, 0.5) is 4.39 Å². The van der Waals surface area contributed by atoms with Crippen LogP contribution in [0.1, 0.15) is 54.7 Å². The normalized spacial score (nSPS) is 16.7. The summed E-state index contributed by atoms with van der Waals surface area (Å²) < 4.78 is 21.1. The number of rotatable bonds is 9. The van der Waals surface area contributed by atoms with Crippen LogP contribution in [0.15, 0.2) is 53.3 Å². The van der Waals surface area contributed by atoms with Gasteiger partial charge in [-0.2, -0.15) is 0 Å². The van der Waals surface area contributed by atoms with E-state index < -0.39 is 0 Å². The maximum absolute atomic E-state index is 13.4. The van der Waals surface area contributed by atoms with Crippen LogP contribution < -0.4 is 5.56 Å². The molecule has 0 radical (unpaired) electrons. The molecule has 0 aliphatic carbocycles. The fraction of sp³-hybridized carbons (Fsp3) is 0.407. The number of nitrogens with one attached hydrogen (secondary N) is 1. The lowest BCUT2D eigenvalue weighted by molar-refractivity contribution is 0.0489. The molecule has 0 amide bonds. The second-order valence-corrected chi connectivity index (χ2v) is 9.52. The van der Waals surface area contributed by atoms with Crippen molar-refractivity contribution >= 4 is 10.9 Å². The zero-order chi connectivity index (χ0) is 25.1. The molecule has 2 aromatic carbocycles. The highest BCUT2D eigenvalue weighted by Gasteiger charge is 2.29. The van der Waals surface area contributed by atoms with Crippen LogP contribution in [0.2, 0.25) is 0 Å². The van der Waals surface area contributed by atoms with Crippen molar-refractivity contribution in [3.8, 4) is 0 Å². The van der Waals surface area contributed by atoms with Gasteiger partial charge in [0.05, 0.1) is 18.7 Å². The van der Waals surface area contributed by atoms with Gasteiger partial charge in [-0.05, 0) is 77.9 Å². The predicted octanol–water partition coefficient (Wildman–Crippen LogP) is 4.14. The molecule has 0 spiro atoms. The SMILES string of the molecule is CC[C@@H](c1nnnn1Cc1ccc(F)cc1)N(Cc1cc2cc(C)ccc2[nH]c1=O)C[C@@H]1CCCO1. The van der Waals surface area contributed by atoms with Crippen LogP contribution in [-0.4, -0.2) is 49.3 Å². The lowest BCUT2D eigenvalue weighted by Crippen LogP contribution is -2.37. The molecular weight excluding hydrogens is 459 g/mol. The summed E-state index contributed by atoms with van der Waals surface area (Å²) in [6, 6.07) is 14.2. The van der Waals surface area contributed by atoms with Gasteiger partial charge in [-0.25, -0.2) is 9.07 Å². The van der Waals surface area contributed by atoms with Crippen molar-refractivity contribution < 1.29 is 9.13 Å². The van der Waals surface area contributed by atoms with Crippen LogP contribution in [0.5, 0.6) is 0 Å². The maximum Gasteiger partial charge on any atom is 0.252 e. The highest BCUT2D eigenvalue weighted by Crippen LogP contribution is 2.27. The summed E-state index contributed by atoms with van der Waals surface area (Å²) in [5.41, 5.74) is 3.48. The summed E-state index contributed by atoms with van der Waals surface area (Å²) in [5, 5.41) is 13.6. The van der Waals surface area contributed by atoms with Gasteiger partial charge in [-0.1, -0.05) is 30.7 Å². The Bertz CT molecular complexity index is 1380. The first-order chi connectivity index (χ1) is 17.5. The molecule has 1 N–H and O–H groups in total. The molecule has 188 valence electrons. The Kier molecular flexibility index (Phi) is 7.20. The van der Waals surface area contributed by atoms with Crippen molar-refractivity contribution in [3.05, 3.63) is 87.2 Å². The zero-order valence-electron chi connectivity index (χ0n) is 20.7. The summed E-state index contributed by atoms with van der Waals surface area (Å²) in [7, 11) is 0. The lowest BCUT2D eigenvalue weighted by atomic mass is 10.1. The van der Waals surface area contributed by atoms with Crippen LogP contribution in [-0.2, 0) is 17.8 Å². The molecule has 4 aromatic rings. The summed E-state index contributed by atoms with van der Waals surface area (Å²) in [6.07, 6.45) is 2.87. The molecule has 0 saturated carbocycles. The fourth-order valence-electron chi connectivity index (χ4n) is 4.99. The number of pyridine rings is 1. The van der Waals surface area contributed by atoms with Crippen LogP contribution in [0.25, 0.3) is 10.9 Å². The van der Waals surface area contributed by atoms with E-state index in [2.05, 4.69) is 38.4 Å². The molecule has 0 bridgehead atoms. The zero-order valence-corrected chi connectivity index (χ0v) is 20.7. The molecule has 0 unspecified atom stereocenters. The third-order valence-corrected chi connectivity index (χ3v) is 6.84. The molecule has 1 aliphatic heterocycles. The molecule has 9 heteroatoms. The van der Waals surface area contributed by atoms with Gasteiger partial charge in [0, 0.05) is 30.8 Å². The number of hydrogen-bond donors (Lipinski definition) is 1. The first-order valence-electron chi connectivity index (χ1n) is 12.5. The number of aromatic amines is 1. The van der Waals surface area contributed by atoms with Gasteiger partial charge in [0.2, 0.25) is 0 Å². The Balaban J connectivity index is 1.47. The first kappa shape index (κ1) is 24.3. The Labute approximate surface area is 209 Å². The first-order valence-corrected chi connectivity index (χ1v) is 12.5. The Morgan fingerprint density at radius 3 is 2.81 bits per heavy atom. The number of H-pyrrole nitrogens is 1. The number of fused-ring (bicyclic) bond motifs is 1. The van der Waals surface area contributed by atoms with Crippen molar-refractivity contribution in [1.29, 1.82) is 0 Å². The Morgan fingerprint density at radius 2 is 2.06 bits per heavy atom. The van der Waals surface area contributed by atoms with Crippen LogP contribution >= 0.6 is 0 Å². The molecule has 36 heavy (non-hydrogen) atoms. The minimum absolute atomic E-state index is 0.0931. The number of tetrazole rings is 1. The van der Waals surface area contributed by atoms with E-state index in [1.54, 1.807) is 16.8 Å². The van der Waals surface area contributed by atoms with E-state index in [4.69, 9.17) is 4.74 Å². The average Bonchev–Trinajstić information content (AvgIpc) is 3.54. The summed E-state index contributed by atoms with van der Waals surface area (Å²) >= 11 is 0. The third kappa shape index (κ3) is 5.37. The maximum atomic E-state index is 13.4. The number of aryl methyl sites for hydroxylation is 1. The minimum Gasteiger partial charge on any atom is -0.377 e. The van der Waals surface area contributed by atoms with Crippen LogP contribution in [0.3, 0.4) is 0 Å². The van der Waals surface area contributed by atoms with Crippen molar-refractivity contribution in [2.45, 2.75) is 58.3 Å². The second kappa shape index (κ2) is 10.7. The number of nitrogens with zero attached hydrogens (tertiary/aromatic N) is 5. The Morgan fingerprint density at radius 1 is 1.22 bits per heavy atom. The monoisotopic (exact) mass is 490 g/mol. The molecule has 1 aliphatic rings. The number of hydrogen-bond acceptors (Lipinski definition) is 6. The van der Waals surface area contributed by atoms with E-state index in [0.29, 0.717) is 31.0 Å². The van der Waals surface area contributed by atoms with Gasteiger partial charge >= 0.3 is 0 Å². The molecule has 8 nitrogen and oxygen atoms in total. The van der Waals surface area contributed by atoms with E-state index in [-0.39, 0.29) is 23.5 Å². The van der Waals surface area contributed by atoms with Crippen molar-refractivity contribution in [2.24, 2.45) is 0 Å². The number of benzene rings is 2. The Hall–Kier alpha value is -3.43. The molecule has 3 heterocycles. The van der Waals surface area contributed by atoms with Crippen molar-refractivity contribution in [1.82, 2.24) is 30.1 Å². The summed E-state index contributed by atoms with van der Waals surface area (Å²) in [6.45, 7) is 6.45. The van der Waals surface area contributed by atoms with Gasteiger partial charge in [0.15, 0.2) is 5.82 Å². The standard InChI is InChI=1S/C27H31FN6O2/c1-3-25(26-30-31-32-34(26)15-19-7-9-22(28)10-8-19)33(17-23-5-4-12-36-23)16-21-14-20-13-18(2)6-11-24(20)29-27(21)35/h6-11,13-14,23,25H,3-5,12,15-17H2,1-2H3,(H,29,35)/t23-,25-/m0/s1. The van der Waals surface area contributed by atoms with Crippen molar-refractivity contribution in [2.75, 3.05) is 13.2 Å². The third-order valence-electron chi connectivity index (χ3n) is 6.84. The number of halogens is 1. The van der Waals surface area contributed by atoms with E-state index in [0.717, 1.165) is 47.9 Å². The molecule has 1 saturated heterocycles. The highest BCUT2D eigenvalue weighted by atomic mass is 19.1.